The van der Waals surface area contributed by atoms with E-state index in [1.807, 2.05) is 4.90 Å². The Kier molecular flexibility index (Phi) is 6.50. The van der Waals surface area contributed by atoms with Gasteiger partial charge in [0.2, 0.25) is 5.91 Å². The Balaban J connectivity index is 1.25. The molecule has 0 spiro atoms. The summed E-state index contributed by atoms with van der Waals surface area (Å²) in [5.74, 6) is -1.29. The average molecular weight is 617 g/mol. The van der Waals surface area contributed by atoms with Gasteiger partial charge in [-0.15, -0.1) is 0 Å². The first-order valence-corrected chi connectivity index (χ1v) is 15.6. The summed E-state index contributed by atoms with van der Waals surface area (Å²) < 4.78 is 39.1. The van der Waals surface area contributed by atoms with Gasteiger partial charge in [0, 0.05) is 52.2 Å². The highest BCUT2D eigenvalue weighted by atomic mass is 35.5. The molecule has 2 atom stereocenters. The molecule has 1 amide bonds. The predicted molar refractivity (Wildman–Crippen MR) is 165 cm³/mol. The first kappa shape index (κ1) is 27.6. The number of likely N-dealkylation sites (tertiary alicyclic amines) is 1. The van der Waals surface area contributed by atoms with Gasteiger partial charge in [-0.05, 0) is 63.4 Å². The van der Waals surface area contributed by atoms with Crippen LogP contribution in [-0.4, -0.2) is 81.1 Å². The maximum atomic E-state index is 16.7. The Bertz CT molecular complexity index is 1840. The molecule has 6 heterocycles. The van der Waals surface area contributed by atoms with Crippen molar-refractivity contribution in [3.05, 3.63) is 66.0 Å². The molecule has 4 saturated heterocycles. The topological polar surface area (TPSA) is 74.7 Å². The Labute approximate surface area is 258 Å². The summed E-state index contributed by atoms with van der Waals surface area (Å²) in [6, 6.07) is 6.57. The van der Waals surface area contributed by atoms with Crippen LogP contribution in [0.3, 0.4) is 0 Å². The Hall–Kier alpha value is -3.89. The first-order valence-electron chi connectivity index (χ1n) is 15.2. The molecule has 4 fully saturated rings. The minimum absolute atomic E-state index is 0.0165. The van der Waals surface area contributed by atoms with E-state index in [9.17, 15) is 4.79 Å². The van der Waals surface area contributed by atoms with Gasteiger partial charge in [0.05, 0.1) is 23.2 Å². The Morgan fingerprint density at radius 3 is 2.75 bits per heavy atom. The van der Waals surface area contributed by atoms with Crippen molar-refractivity contribution in [3.8, 4) is 17.1 Å². The summed E-state index contributed by atoms with van der Waals surface area (Å²) in [5.41, 5.74) is -0.0915. The molecule has 226 valence electrons. The average Bonchev–Trinajstić information content (AvgIpc) is 3.69. The lowest BCUT2D eigenvalue weighted by atomic mass is 9.95. The summed E-state index contributed by atoms with van der Waals surface area (Å²) in [4.78, 5) is 32.3. The zero-order valence-corrected chi connectivity index (χ0v) is 24.9. The second kappa shape index (κ2) is 10.3. The first-order chi connectivity index (χ1) is 21.4. The third kappa shape index (κ3) is 4.10. The number of carbonyl (C=O) groups excluding carboxylic acids is 1. The highest BCUT2D eigenvalue weighted by Crippen LogP contribution is 2.44. The van der Waals surface area contributed by atoms with Gasteiger partial charge in [-0.2, -0.15) is 9.97 Å². The van der Waals surface area contributed by atoms with E-state index in [1.54, 1.807) is 29.3 Å². The van der Waals surface area contributed by atoms with Crippen molar-refractivity contribution < 1.29 is 18.3 Å². The standard InChI is InChI=1S/C33H31ClF2N6O2/c1-2-26(43)41-13-8-24-25(41)17-42(24)31-20-14-23(35)28(21-16-37-15-19-6-3-7-22(34)27(19)21)29(36)30(20)38-32(39-31)44-18-33-9-4-11-40(33)12-5-10-33/h2-3,6-7,14-16,24-25H,1,4-5,8-13,17-18H2/t24-,25+/m0/s1. The van der Waals surface area contributed by atoms with Gasteiger partial charge in [0.15, 0.2) is 5.82 Å². The van der Waals surface area contributed by atoms with Crippen molar-refractivity contribution in [3.63, 3.8) is 0 Å². The molecule has 8 nitrogen and oxygen atoms in total. The number of halogens is 3. The van der Waals surface area contributed by atoms with Crippen LogP contribution in [0, 0.1) is 11.6 Å². The normalized spacial score (nSPS) is 22.3. The Morgan fingerprint density at radius 2 is 1.95 bits per heavy atom. The van der Waals surface area contributed by atoms with E-state index in [2.05, 4.69) is 21.4 Å². The molecule has 4 aliphatic rings. The van der Waals surface area contributed by atoms with E-state index >= 15 is 8.78 Å². The SMILES string of the molecule is C=CC(=O)N1CC[C@H]2[C@H]1CN2c1nc(OCC23CCCN2CCC3)nc2c(F)c(-c3cncc4cccc(Cl)c34)c(F)cc12. The van der Waals surface area contributed by atoms with E-state index in [0.717, 1.165) is 38.8 Å². The molecule has 0 N–H and O–H groups in total. The number of hydrogen-bond donors (Lipinski definition) is 0. The van der Waals surface area contributed by atoms with Crippen LogP contribution in [0.25, 0.3) is 32.8 Å². The van der Waals surface area contributed by atoms with Crippen LogP contribution in [0.4, 0.5) is 14.6 Å². The molecule has 0 saturated carbocycles. The number of hydrogen-bond acceptors (Lipinski definition) is 7. The van der Waals surface area contributed by atoms with Crippen molar-refractivity contribution >= 4 is 45.0 Å². The fourth-order valence-electron chi connectivity index (χ4n) is 7.98. The Morgan fingerprint density at radius 1 is 1.14 bits per heavy atom. The van der Waals surface area contributed by atoms with E-state index in [-0.39, 0.29) is 51.6 Å². The maximum Gasteiger partial charge on any atom is 0.319 e. The quantitative estimate of drug-likeness (QED) is 0.255. The summed E-state index contributed by atoms with van der Waals surface area (Å²) in [7, 11) is 0. The number of anilines is 1. The monoisotopic (exact) mass is 616 g/mol. The van der Waals surface area contributed by atoms with Gasteiger partial charge in [-0.3, -0.25) is 14.7 Å². The van der Waals surface area contributed by atoms with Crippen LogP contribution in [0.2, 0.25) is 5.02 Å². The fourth-order valence-corrected chi connectivity index (χ4v) is 8.27. The molecule has 4 aliphatic heterocycles. The van der Waals surface area contributed by atoms with Crippen LogP contribution in [0.15, 0.2) is 49.3 Å². The molecular weight excluding hydrogens is 586 g/mol. The van der Waals surface area contributed by atoms with Gasteiger partial charge in [0.25, 0.3) is 0 Å². The summed E-state index contributed by atoms with van der Waals surface area (Å²) >= 11 is 6.53. The van der Waals surface area contributed by atoms with E-state index in [0.29, 0.717) is 47.7 Å². The van der Waals surface area contributed by atoms with Crippen LogP contribution in [-0.2, 0) is 4.79 Å². The predicted octanol–water partition coefficient (Wildman–Crippen LogP) is 5.76. The third-order valence-corrected chi connectivity index (χ3v) is 10.5. The van der Waals surface area contributed by atoms with Crippen molar-refractivity contribution in [2.75, 3.05) is 37.7 Å². The minimum Gasteiger partial charge on any atom is -0.461 e. The molecule has 0 aliphatic carbocycles. The molecular formula is C33H31ClF2N6O2. The lowest BCUT2D eigenvalue weighted by molar-refractivity contribution is -0.127. The lowest BCUT2D eigenvalue weighted by Crippen LogP contribution is -2.63. The number of aromatic nitrogens is 3. The third-order valence-electron chi connectivity index (χ3n) is 10.1. The molecule has 4 aromatic rings. The van der Waals surface area contributed by atoms with Crippen molar-refractivity contribution in [2.24, 2.45) is 0 Å². The molecule has 11 heteroatoms. The smallest absolute Gasteiger partial charge is 0.319 e. The summed E-state index contributed by atoms with van der Waals surface area (Å²) in [6.45, 7) is 7.20. The molecule has 44 heavy (non-hydrogen) atoms. The molecule has 2 aromatic carbocycles. The molecule has 2 aromatic heterocycles. The zero-order valence-electron chi connectivity index (χ0n) is 24.1. The number of fused-ring (bicyclic) bond motifs is 4. The molecule has 8 rings (SSSR count). The highest BCUT2D eigenvalue weighted by molar-refractivity contribution is 6.36. The number of ether oxygens (including phenoxy) is 1. The number of amides is 1. The number of pyridine rings is 1. The van der Waals surface area contributed by atoms with Crippen molar-refractivity contribution in [1.82, 2.24) is 24.8 Å². The van der Waals surface area contributed by atoms with Gasteiger partial charge in [-0.25, -0.2) is 8.78 Å². The zero-order chi connectivity index (χ0) is 30.2. The lowest BCUT2D eigenvalue weighted by Gasteiger charge is -2.47. The van der Waals surface area contributed by atoms with Crippen molar-refractivity contribution in [1.29, 1.82) is 0 Å². The second-order valence-corrected chi connectivity index (χ2v) is 12.7. The van der Waals surface area contributed by atoms with E-state index in [1.165, 1.54) is 18.3 Å². The van der Waals surface area contributed by atoms with Crippen LogP contribution in [0.5, 0.6) is 6.01 Å². The van der Waals surface area contributed by atoms with Crippen LogP contribution < -0.4 is 9.64 Å². The number of benzene rings is 2. The van der Waals surface area contributed by atoms with E-state index < -0.39 is 11.6 Å². The second-order valence-electron chi connectivity index (χ2n) is 12.3. The van der Waals surface area contributed by atoms with Gasteiger partial charge < -0.3 is 14.5 Å². The van der Waals surface area contributed by atoms with Crippen molar-refractivity contribution in [2.45, 2.75) is 49.7 Å². The number of carbonyl (C=O) groups is 1. The molecule has 0 radical (unpaired) electrons. The summed E-state index contributed by atoms with van der Waals surface area (Å²) in [5, 5.41) is 1.81. The number of rotatable bonds is 6. The van der Waals surface area contributed by atoms with Gasteiger partial charge >= 0.3 is 6.01 Å². The minimum atomic E-state index is -0.823. The van der Waals surface area contributed by atoms with Crippen LogP contribution in [0.1, 0.15) is 32.1 Å². The molecule has 0 unspecified atom stereocenters. The maximum absolute atomic E-state index is 16.7. The summed E-state index contributed by atoms with van der Waals surface area (Å²) in [6.07, 6.45) is 9.39. The van der Waals surface area contributed by atoms with Crippen LogP contribution >= 0.6 is 11.6 Å². The highest BCUT2D eigenvalue weighted by Gasteiger charge is 2.50. The van der Waals surface area contributed by atoms with Gasteiger partial charge in [0.1, 0.15) is 23.8 Å². The number of nitrogens with zero attached hydrogens (tertiary/aromatic N) is 6. The van der Waals surface area contributed by atoms with Gasteiger partial charge in [-0.1, -0.05) is 30.3 Å². The fraction of sp³-hybridized carbons (Fsp3) is 0.394. The largest absolute Gasteiger partial charge is 0.461 e. The van der Waals surface area contributed by atoms with E-state index in [4.69, 9.17) is 21.3 Å². The molecule has 0 bridgehead atoms.